The Bertz CT molecular complexity index is 1540. The zero-order chi connectivity index (χ0) is 26.4. The highest BCUT2D eigenvalue weighted by molar-refractivity contribution is 7.89. The Morgan fingerprint density at radius 1 is 1.08 bits per heavy atom. The number of imidazole rings is 1. The third-order valence-corrected chi connectivity index (χ3v) is 8.37. The first-order valence-corrected chi connectivity index (χ1v) is 13.8. The minimum absolute atomic E-state index is 0.00941. The van der Waals surface area contributed by atoms with E-state index in [0.29, 0.717) is 30.2 Å². The van der Waals surface area contributed by atoms with E-state index >= 15 is 0 Å². The van der Waals surface area contributed by atoms with Gasteiger partial charge >= 0.3 is 6.18 Å². The van der Waals surface area contributed by atoms with E-state index in [0.717, 1.165) is 18.9 Å². The highest BCUT2D eigenvalue weighted by Crippen LogP contribution is 2.37. The molecule has 2 atom stereocenters. The normalized spacial score (nSPS) is 18.9. The number of sulfonamides is 1. The number of pyridine rings is 1. The van der Waals surface area contributed by atoms with Crippen LogP contribution in [0, 0.1) is 0 Å². The van der Waals surface area contributed by atoms with E-state index in [1.54, 1.807) is 29.4 Å². The van der Waals surface area contributed by atoms with Crippen LogP contribution in [0.1, 0.15) is 43.0 Å². The van der Waals surface area contributed by atoms with Crippen LogP contribution in [0.4, 0.5) is 13.2 Å². The number of aromatic nitrogens is 5. The maximum atomic E-state index is 13.9. The molecule has 0 saturated heterocycles. The third kappa shape index (κ3) is 5.47. The van der Waals surface area contributed by atoms with Crippen molar-refractivity contribution in [3.8, 4) is 11.1 Å². The van der Waals surface area contributed by atoms with Crippen LogP contribution in [0.15, 0.2) is 54.2 Å². The van der Waals surface area contributed by atoms with Crippen LogP contribution in [-0.2, 0) is 22.1 Å². The molecule has 0 amide bonds. The molecule has 2 unspecified atom stereocenters. The zero-order valence-corrected chi connectivity index (χ0v) is 21.5. The minimum Gasteiger partial charge on any atom is -0.317 e. The number of benzene rings is 1. The molecule has 37 heavy (non-hydrogen) atoms. The Morgan fingerprint density at radius 3 is 2.54 bits per heavy atom. The summed E-state index contributed by atoms with van der Waals surface area (Å²) in [5, 5.41) is 7.83. The molecule has 14 heteroatoms. The van der Waals surface area contributed by atoms with Gasteiger partial charge in [0, 0.05) is 30.0 Å². The largest absolute Gasteiger partial charge is 0.416 e. The SMILES string of the molecule is O=S(=O)(NC1CCCC(n2cnnc2)C1)c1cc(-c2cc(Cl)cn3cc(CCl)nc23)cc(C(F)(F)F)c1. The van der Waals surface area contributed by atoms with Crippen LogP contribution in [0.5, 0.6) is 0 Å². The maximum absolute atomic E-state index is 13.9. The molecule has 0 radical (unpaired) electrons. The summed E-state index contributed by atoms with van der Waals surface area (Å²) in [6.07, 6.45) is 4.11. The van der Waals surface area contributed by atoms with Crippen molar-refractivity contribution in [2.75, 3.05) is 0 Å². The number of nitrogens with one attached hydrogen (secondary N) is 1. The molecule has 1 aliphatic rings. The van der Waals surface area contributed by atoms with Crippen molar-refractivity contribution >= 4 is 38.9 Å². The monoisotopic (exact) mass is 572 g/mol. The molecule has 1 aliphatic carbocycles. The fourth-order valence-corrected chi connectivity index (χ4v) is 6.39. The lowest BCUT2D eigenvalue weighted by Crippen LogP contribution is -2.38. The molecule has 4 aromatic rings. The van der Waals surface area contributed by atoms with Gasteiger partial charge in [-0.15, -0.1) is 21.8 Å². The lowest BCUT2D eigenvalue weighted by Gasteiger charge is -2.30. The molecule has 0 aliphatic heterocycles. The lowest BCUT2D eigenvalue weighted by atomic mass is 9.91. The molecule has 196 valence electrons. The fraction of sp³-hybridized carbons (Fsp3) is 0.348. The Labute approximate surface area is 220 Å². The second kappa shape index (κ2) is 9.90. The average molecular weight is 573 g/mol. The van der Waals surface area contributed by atoms with Crippen LogP contribution in [0.3, 0.4) is 0 Å². The highest BCUT2D eigenvalue weighted by atomic mass is 35.5. The summed E-state index contributed by atoms with van der Waals surface area (Å²) in [6, 6.07) is 3.72. The van der Waals surface area contributed by atoms with Gasteiger partial charge in [0.15, 0.2) is 0 Å². The second-order valence-electron chi connectivity index (χ2n) is 8.96. The summed E-state index contributed by atoms with van der Waals surface area (Å²) in [4.78, 5) is 3.88. The van der Waals surface area contributed by atoms with Gasteiger partial charge in [0.2, 0.25) is 10.0 Å². The maximum Gasteiger partial charge on any atom is 0.416 e. The summed E-state index contributed by atoms with van der Waals surface area (Å²) in [6.45, 7) is 0. The van der Waals surface area contributed by atoms with Crippen LogP contribution >= 0.6 is 23.2 Å². The van der Waals surface area contributed by atoms with Gasteiger partial charge in [-0.2, -0.15) is 13.2 Å². The van der Waals surface area contributed by atoms with Gasteiger partial charge in [-0.3, -0.25) is 0 Å². The summed E-state index contributed by atoms with van der Waals surface area (Å²) in [5.74, 6) is 0.0857. The van der Waals surface area contributed by atoms with Gasteiger partial charge in [0.1, 0.15) is 18.3 Å². The van der Waals surface area contributed by atoms with E-state index in [9.17, 15) is 21.6 Å². The molecule has 1 N–H and O–H groups in total. The first-order chi connectivity index (χ1) is 17.5. The van der Waals surface area contributed by atoms with Gasteiger partial charge in [-0.05, 0) is 55.5 Å². The molecule has 1 fully saturated rings. The molecular formula is C23H21Cl2F3N6O2S. The number of halogens is 5. The smallest absolute Gasteiger partial charge is 0.317 e. The highest BCUT2D eigenvalue weighted by Gasteiger charge is 2.34. The van der Waals surface area contributed by atoms with E-state index in [2.05, 4.69) is 19.9 Å². The van der Waals surface area contributed by atoms with Gasteiger partial charge in [0.25, 0.3) is 0 Å². The Morgan fingerprint density at radius 2 is 1.84 bits per heavy atom. The Balaban J connectivity index is 1.55. The molecule has 8 nitrogen and oxygen atoms in total. The quantitative estimate of drug-likeness (QED) is 0.309. The van der Waals surface area contributed by atoms with Gasteiger partial charge in [-0.25, -0.2) is 18.1 Å². The molecule has 1 aromatic carbocycles. The lowest BCUT2D eigenvalue weighted by molar-refractivity contribution is -0.137. The Kier molecular flexibility index (Phi) is 6.94. The number of hydrogen-bond donors (Lipinski definition) is 1. The number of rotatable bonds is 6. The summed E-state index contributed by atoms with van der Waals surface area (Å²) >= 11 is 12.1. The molecule has 1 saturated carbocycles. The van der Waals surface area contributed by atoms with Crippen molar-refractivity contribution in [2.24, 2.45) is 0 Å². The average Bonchev–Trinajstić information content (AvgIpc) is 3.53. The van der Waals surface area contributed by atoms with E-state index in [1.807, 2.05) is 4.57 Å². The number of nitrogens with zero attached hydrogens (tertiary/aromatic N) is 5. The van der Waals surface area contributed by atoms with Crippen LogP contribution in [0.2, 0.25) is 5.02 Å². The topological polar surface area (TPSA) is 94.2 Å². The minimum atomic E-state index is -4.78. The molecule has 0 bridgehead atoms. The number of alkyl halides is 4. The standard InChI is InChI=1S/C23H21Cl2F3N6O2S/c24-9-18-11-33-10-16(25)7-21(22(33)31-18)14-4-15(23(26,27)28)6-20(5-14)37(35,36)32-17-2-1-3-19(8-17)34-12-29-30-13-34/h4-7,10-13,17,19,32H,1-3,8-9H2. The van der Waals surface area contributed by atoms with Crippen molar-refractivity contribution in [3.63, 3.8) is 0 Å². The van der Waals surface area contributed by atoms with Gasteiger partial charge in [0.05, 0.1) is 27.1 Å². The molecule has 0 spiro atoms. The van der Waals surface area contributed by atoms with E-state index in [4.69, 9.17) is 23.2 Å². The van der Waals surface area contributed by atoms with Crippen molar-refractivity contribution in [1.29, 1.82) is 0 Å². The predicted octanol–water partition coefficient (Wildman–Crippen LogP) is 5.47. The van der Waals surface area contributed by atoms with Crippen LogP contribution < -0.4 is 4.72 Å². The zero-order valence-electron chi connectivity index (χ0n) is 19.2. The van der Waals surface area contributed by atoms with Crippen molar-refractivity contribution in [1.82, 2.24) is 28.9 Å². The van der Waals surface area contributed by atoms with Crippen LogP contribution in [0.25, 0.3) is 16.8 Å². The predicted molar refractivity (Wildman–Crippen MR) is 132 cm³/mol. The fourth-order valence-electron chi connectivity index (χ4n) is 4.69. The first-order valence-electron chi connectivity index (χ1n) is 11.4. The summed E-state index contributed by atoms with van der Waals surface area (Å²) in [7, 11) is -4.30. The molecule has 3 aromatic heterocycles. The Hall–Kier alpha value is -2.67. The molecule has 3 heterocycles. The van der Waals surface area contributed by atoms with E-state index < -0.39 is 32.7 Å². The summed E-state index contributed by atoms with van der Waals surface area (Å²) < 4.78 is 74.3. The summed E-state index contributed by atoms with van der Waals surface area (Å²) in [5.41, 5.74) is -0.0396. The molecular weight excluding hydrogens is 552 g/mol. The van der Waals surface area contributed by atoms with Crippen molar-refractivity contribution in [2.45, 2.75) is 54.7 Å². The van der Waals surface area contributed by atoms with Gasteiger partial charge in [-0.1, -0.05) is 11.6 Å². The molecule has 5 rings (SSSR count). The van der Waals surface area contributed by atoms with Crippen molar-refractivity contribution < 1.29 is 21.6 Å². The number of fused-ring (bicyclic) bond motifs is 1. The van der Waals surface area contributed by atoms with E-state index in [1.165, 1.54) is 12.1 Å². The number of hydrogen-bond acceptors (Lipinski definition) is 5. The second-order valence-corrected chi connectivity index (χ2v) is 11.4. The first kappa shape index (κ1) is 26.0. The van der Waals surface area contributed by atoms with Crippen LogP contribution in [-0.4, -0.2) is 38.6 Å². The van der Waals surface area contributed by atoms with E-state index in [-0.39, 0.29) is 28.1 Å². The third-order valence-electron chi connectivity index (χ3n) is 6.39. The van der Waals surface area contributed by atoms with Crippen molar-refractivity contribution in [3.05, 3.63) is 65.6 Å². The van der Waals surface area contributed by atoms with Gasteiger partial charge < -0.3 is 8.97 Å².